The number of carbonyl (C=O) groups is 1. The molecule has 2 aliphatic heterocycles. The molecule has 1 unspecified atom stereocenters. The van der Waals surface area contributed by atoms with E-state index in [0.29, 0.717) is 5.92 Å². The van der Waals surface area contributed by atoms with Gasteiger partial charge in [0, 0.05) is 24.6 Å². The number of likely N-dealkylation sites (tertiary alicyclic amines) is 1. The number of fused-ring (bicyclic) bond motifs is 1. The van der Waals surface area contributed by atoms with Crippen molar-refractivity contribution in [3.63, 3.8) is 0 Å². The summed E-state index contributed by atoms with van der Waals surface area (Å²) in [5.74, 6) is 2.06. The van der Waals surface area contributed by atoms with E-state index in [0.717, 1.165) is 42.1 Å². The summed E-state index contributed by atoms with van der Waals surface area (Å²) in [6.07, 6.45) is 0.971. The molecule has 1 aromatic heterocycles. The summed E-state index contributed by atoms with van der Waals surface area (Å²) in [4.78, 5) is 14.8. The molecule has 3 heterocycles. The predicted molar refractivity (Wildman–Crippen MR) is 106 cm³/mol. The smallest absolute Gasteiger partial charge is 0.253 e. The minimum atomic E-state index is 0.107. The van der Waals surface area contributed by atoms with E-state index in [1.165, 1.54) is 11.1 Å². The van der Waals surface area contributed by atoms with Gasteiger partial charge in [-0.15, -0.1) is 0 Å². The van der Waals surface area contributed by atoms with Crippen molar-refractivity contribution < 1.29 is 14.3 Å². The first kappa shape index (κ1) is 16.4. The molecule has 0 radical (unpaired) electrons. The van der Waals surface area contributed by atoms with Crippen molar-refractivity contribution in [1.82, 2.24) is 4.90 Å². The minimum absolute atomic E-state index is 0.107. The number of rotatable bonds is 3. The first-order valence-corrected chi connectivity index (χ1v) is 10.0. The number of carbonyl (C=O) groups excluding carboxylic acids is 1. The number of benzene rings is 2. The quantitative estimate of drug-likeness (QED) is 0.660. The monoisotopic (exact) mass is 377 g/mol. The standard InChI is InChI=1S/C22H19NO3S/c24-22(16-3-1-15(2-4-16)19-8-10-27-13-19)23-9-7-18(12-23)17-5-6-20-21(11-17)26-14-25-20/h1-6,8,10-11,13,18H,7,9,12,14H2. The van der Waals surface area contributed by atoms with Gasteiger partial charge in [-0.2, -0.15) is 11.3 Å². The Kier molecular flexibility index (Phi) is 4.09. The van der Waals surface area contributed by atoms with E-state index in [9.17, 15) is 4.79 Å². The molecule has 5 heteroatoms. The molecule has 5 rings (SSSR count). The van der Waals surface area contributed by atoms with Crippen LogP contribution in [0.1, 0.15) is 28.3 Å². The molecular weight excluding hydrogens is 358 g/mol. The van der Waals surface area contributed by atoms with Gasteiger partial charge in [0.1, 0.15) is 0 Å². The second-order valence-electron chi connectivity index (χ2n) is 6.94. The van der Waals surface area contributed by atoms with Gasteiger partial charge in [-0.1, -0.05) is 18.2 Å². The van der Waals surface area contributed by atoms with Crippen molar-refractivity contribution in [3.05, 3.63) is 70.4 Å². The van der Waals surface area contributed by atoms with E-state index in [1.807, 2.05) is 35.2 Å². The summed E-state index contributed by atoms with van der Waals surface area (Å²) in [5.41, 5.74) is 4.30. The van der Waals surface area contributed by atoms with E-state index in [4.69, 9.17) is 9.47 Å². The lowest BCUT2D eigenvalue weighted by molar-refractivity contribution is 0.0791. The van der Waals surface area contributed by atoms with Crippen LogP contribution in [0.25, 0.3) is 11.1 Å². The molecule has 0 spiro atoms. The molecule has 1 amide bonds. The summed E-state index contributed by atoms with van der Waals surface area (Å²) in [7, 11) is 0. The lowest BCUT2D eigenvalue weighted by Gasteiger charge is -2.17. The van der Waals surface area contributed by atoms with Crippen molar-refractivity contribution in [2.45, 2.75) is 12.3 Å². The molecule has 1 fully saturated rings. The molecule has 0 N–H and O–H groups in total. The second kappa shape index (κ2) is 6.74. The summed E-state index contributed by atoms with van der Waals surface area (Å²) >= 11 is 1.68. The molecular formula is C22H19NO3S. The number of hydrogen-bond donors (Lipinski definition) is 0. The zero-order valence-corrected chi connectivity index (χ0v) is 15.6. The molecule has 2 aliphatic rings. The molecule has 0 saturated carbocycles. The molecule has 3 aromatic rings. The maximum Gasteiger partial charge on any atom is 0.253 e. The van der Waals surface area contributed by atoms with Crippen LogP contribution in [-0.2, 0) is 0 Å². The van der Waals surface area contributed by atoms with Crippen LogP contribution in [0.5, 0.6) is 11.5 Å². The van der Waals surface area contributed by atoms with Gasteiger partial charge in [0.15, 0.2) is 11.5 Å². The normalized spacial score (nSPS) is 18.1. The molecule has 2 aromatic carbocycles. The third-order valence-corrected chi connectivity index (χ3v) is 6.01. The fourth-order valence-corrected chi connectivity index (χ4v) is 4.47. The molecule has 1 atom stereocenters. The molecule has 1 saturated heterocycles. The Hall–Kier alpha value is -2.79. The average Bonchev–Trinajstić information content (AvgIpc) is 3.48. The zero-order valence-electron chi connectivity index (χ0n) is 14.8. The lowest BCUT2D eigenvalue weighted by Crippen LogP contribution is -2.28. The average molecular weight is 377 g/mol. The van der Waals surface area contributed by atoms with Crippen LogP contribution < -0.4 is 9.47 Å². The van der Waals surface area contributed by atoms with Gasteiger partial charge in [0.2, 0.25) is 6.79 Å². The first-order valence-electron chi connectivity index (χ1n) is 9.09. The largest absolute Gasteiger partial charge is 0.454 e. The lowest BCUT2D eigenvalue weighted by atomic mass is 9.98. The van der Waals surface area contributed by atoms with Crippen LogP contribution in [0.15, 0.2) is 59.3 Å². The molecule has 0 bridgehead atoms. The van der Waals surface area contributed by atoms with Crippen LogP contribution in [-0.4, -0.2) is 30.7 Å². The van der Waals surface area contributed by atoms with Crippen molar-refractivity contribution >= 4 is 17.2 Å². The molecule has 4 nitrogen and oxygen atoms in total. The Morgan fingerprint density at radius 1 is 1.00 bits per heavy atom. The number of hydrogen-bond acceptors (Lipinski definition) is 4. The van der Waals surface area contributed by atoms with E-state index in [1.54, 1.807) is 11.3 Å². The van der Waals surface area contributed by atoms with Crippen LogP contribution >= 0.6 is 11.3 Å². The fourth-order valence-electron chi connectivity index (χ4n) is 3.80. The zero-order chi connectivity index (χ0) is 18.2. The Morgan fingerprint density at radius 2 is 1.85 bits per heavy atom. The number of nitrogens with zero attached hydrogens (tertiary/aromatic N) is 1. The summed E-state index contributed by atoms with van der Waals surface area (Å²) in [6.45, 7) is 1.81. The van der Waals surface area contributed by atoms with Gasteiger partial charge in [-0.3, -0.25) is 4.79 Å². The fraction of sp³-hybridized carbons (Fsp3) is 0.227. The number of thiophene rings is 1. The molecule has 27 heavy (non-hydrogen) atoms. The Morgan fingerprint density at radius 3 is 2.67 bits per heavy atom. The van der Waals surface area contributed by atoms with Crippen molar-refractivity contribution in [1.29, 1.82) is 0 Å². The highest BCUT2D eigenvalue weighted by molar-refractivity contribution is 7.08. The van der Waals surface area contributed by atoms with Gasteiger partial charge in [-0.25, -0.2) is 0 Å². The maximum atomic E-state index is 12.9. The topological polar surface area (TPSA) is 38.8 Å². The summed E-state index contributed by atoms with van der Waals surface area (Å²) in [6, 6.07) is 16.1. The van der Waals surface area contributed by atoms with Crippen LogP contribution in [0, 0.1) is 0 Å². The SMILES string of the molecule is O=C(c1ccc(-c2ccsc2)cc1)N1CCC(c2ccc3c(c2)OCO3)C1. The third-order valence-electron chi connectivity index (χ3n) is 5.33. The van der Waals surface area contributed by atoms with E-state index in [-0.39, 0.29) is 12.7 Å². The maximum absolute atomic E-state index is 12.9. The van der Waals surface area contributed by atoms with Crippen LogP contribution in [0.4, 0.5) is 0 Å². The summed E-state index contributed by atoms with van der Waals surface area (Å²) in [5, 5.41) is 4.18. The van der Waals surface area contributed by atoms with E-state index >= 15 is 0 Å². The van der Waals surface area contributed by atoms with Gasteiger partial charge in [0.25, 0.3) is 5.91 Å². The molecule has 0 aliphatic carbocycles. The summed E-state index contributed by atoms with van der Waals surface area (Å²) < 4.78 is 10.9. The van der Waals surface area contributed by atoms with Crippen LogP contribution in [0.2, 0.25) is 0 Å². The Bertz CT molecular complexity index is 966. The van der Waals surface area contributed by atoms with Gasteiger partial charge in [-0.05, 0) is 64.2 Å². The highest BCUT2D eigenvalue weighted by Gasteiger charge is 2.29. The van der Waals surface area contributed by atoms with Crippen molar-refractivity contribution in [2.24, 2.45) is 0 Å². The van der Waals surface area contributed by atoms with E-state index < -0.39 is 0 Å². The Labute approximate surface area is 162 Å². The van der Waals surface area contributed by atoms with Crippen molar-refractivity contribution in [3.8, 4) is 22.6 Å². The predicted octanol–water partition coefficient (Wildman–Crippen LogP) is 4.77. The van der Waals surface area contributed by atoms with Gasteiger partial charge < -0.3 is 14.4 Å². The third kappa shape index (κ3) is 3.08. The minimum Gasteiger partial charge on any atom is -0.454 e. The van der Waals surface area contributed by atoms with Crippen molar-refractivity contribution in [2.75, 3.05) is 19.9 Å². The van der Waals surface area contributed by atoms with Gasteiger partial charge >= 0.3 is 0 Å². The molecule has 136 valence electrons. The first-order chi connectivity index (χ1) is 13.3. The Balaban J connectivity index is 1.29. The second-order valence-corrected chi connectivity index (χ2v) is 7.72. The number of ether oxygens (including phenoxy) is 2. The van der Waals surface area contributed by atoms with E-state index in [2.05, 4.69) is 29.0 Å². The number of amides is 1. The van der Waals surface area contributed by atoms with Crippen LogP contribution in [0.3, 0.4) is 0 Å². The van der Waals surface area contributed by atoms with Gasteiger partial charge in [0.05, 0.1) is 0 Å². The highest BCUT2D eigenvalue weighted by atomic mass is 32.1. The highest BCUT2D eigenvalue weighted by Crippen LogP contribution is 2.37.